The fourth-order valence-electron chi connectivity index (χ4n) is 2.46. The third-order valence-electron chi connectivity index (χ3n) is 4.00. The van der Waals surface area contributed by atoms with Crippen molar-refractivity contribution in [3.63, 3.8) is 0 Å². The fourth-order valence-corrected chi connectivity index (χ4v) is 2.68. The van der Waals surface area contributed by atoms with Crippen LogP contribution in [0.2, 0.25) is 0 Å². The Bertz CT molecular complexity index is 743. The minimum atomic E-state index is -4.73. The molecular weight excluding hydrogens is 359 g/mol. The van der Waals surface area contributed by atoms with Crippen LogP contribution in [0, 0.1) is 0 Å². The van der Waals surface area contributed by atoms with Crippen LogP contribution >= 0.6 is 11.6 Å². The number of aliphatic hydroxyl groups is 1. The molecule has 134 valence electrons. The van der Waals surface area contributed by atoms with Gasteiger partial charge in [-0.3, -0.25) is 0 Å². The standard InChI is InChI=1S/C16H15ClF3N3O2/c17-14(7-8-14)15(24,9-23-11-21-10-22-23)6-5-12-1-3-13(4-2-12)25-16(18,19)20/h1-6,10-11,24H,7-9H2. The summed E-state index contributed by atoms with van der Waals surface area (Å²) in [5, 5.41) is 14.9. The summed E-state index contributed by atoms with van der Waals surface area (Å²) in [5.74, 6) is -0.307. The largest absolute Gasteiger partial charge is 0.573 e. The van der Waals surface area contributed by atoms with Crippen molar-refractivity contribution < 1.29 is 23.0 Å². The molecule has 0 amide bonds. The second-order valence-electron chi connectivity index (χ2n) is 5.93. The number of alkyl halides is 4. The Hall–Kier alpha value is -2.06. The van der Waals surface area contributed by atoms with Crippen LogP contribution in [0.4, 0.5) is 13.2 Å². The van der Waals surface area contributed by atoms with Crippen LogP contribution in [0.1, 0.15) is 18.4 Å². The minimum Gasteiger partial charge on any atom is -0.406 e. The van der Waals surface area contributed by atoms with Gasteiger partial charge < -0.3 is 9.84 Å². The Kier molecular flexibility index (Phi) is 4.51. The van der Waals surface area contributed by atoms with Crippen LogP contribution < -0.4 is 4.74 Å². The number of nitrogens with zero attached hydrogens (tertiary/aromatic N) is 3. The Balaban J connectivity index is 1.75. The summed E-state index contributed by atoms with van der Waals surface area (Å²) in [6, 6.07) is 5.33. The van der Waals surface area contributed by atoms with Crippen molar-refractivity contribution in [3.05, 3.63) is 48.6 Å². The average Bonchev–Trinajstić information content (AvgIpc) is 3.09. The van der Waals surface area contributed by atoms with Gasteiger partial charge in [0.05, 0.1) is 11.4 Å². The van der Waals surface area contributed by atoms with Crippen LogP contribution in [-0.2, 0) is 6.54 Å². The van der Waals surface area contributed by atoms with Gasteiger partial charge in [-0.1, -0.05) is 18.2 Å². The molecule has 1 unspecified atom stereocenters. The van der Waals surface area contributed by atoms with E-state index in [9.17, 15) is 18.3 Å². The second-order valence-corrected chi connectivity index (χ2v) is 6.66. The number of rotatable bonds is 6. The third kappa shape index (κ3) is 4.32. The topological polar surface area (TPSA) is 60.2 Å². The number of aromatic nitrogens is 3. The first-order chi connectivity index (χ1) is 11.7. The zero-order valence-corrected chi connectivity index (χ0v) is 13.7. The van der Waals surface area contributed by atoms with Gasteiger partial charge in [0, 0.05) is 0 Å². The predicted octanol–water partition coefficient (Wildman–Crippen LogP) is 3.39. The van der Waals surface area contributed by atoms with Crippen molar-refractivity contribution in [3.8, 4) is 5.75 Å². The maximum atomic E-state index is 12.2. The van der Waals surface area contributed by atoms with Gasteiger partial charge in [-0.05, 0) is 36.6 Å². The number of hydrogen-bond donors (Lipinski definition) is 1. The van der Waals surface area contributed by atoms with E-state index in [1.807, 2.05) is 0 Å². The lowest BCUT2D eigenvalue weighted by molar-refractivity contribution is -0.274. The van der Waals surface area contributed by atoms with Crippen LogP contribution in [-0.4, -0.2) is 36.7 Å². The van der Waals surface area contributed by atoms with Crippen molar-refractivity contribution >= 4 is 17.7 Å². The van der Waals surface area contributed by atoms with Gasteiger partial charge >= 0.3 is 6.36 Å². The molecule has 0 aliphatic heterocycles. The molecule has 5 nitrogen and oxygen atoms in total. The molecule has 1 aromatic carbocycles. The number of ether oxygens (including phenoxy) is 1. The highest BCUT2D eigenvalue weighted by molar-refractivity contribution is 6.27. The number of hydrogen-bond acceptors (Lipinski definition) is 4. The van der Waals surface area contributed by atoms with E-state index in [2.05, 4.69) is 14.8 Å². The molecule has 1 saturated carbocycles. The van der Waals surface area contributed by atoms with Gasteiger partial charge in [-0.25, -0.2) is 9.67 Å². The lowest BCUT2D eigenvalue weighted by Gasteiger charge is -2.29. The van der Waals surface area contributed by atoms with E-state index in [1.165, 1.54) is 41.6 Å². The van der Waals surface area contributed by atoms with E-state index in [0.29, 0.717) is 18.4 Å². The average molecular weight is 374 g/mol. The normalized spacial score (nSPS) is 18.9. The molecule has 3 rings (SSSR count). The lowest BCUT2D eigenvalue weighted by Crippen LogP contribution is -2.43. The van der Waals surface area contributed by atoms with Crippen molar-refractivity contribution in [2.45, 2.75) is 36.2 Å². The highest BCUT2D eigenvalue weighted by Crippen LogP contribution is 2.52. The van der Waals surface area contributed by atoms with E-state index in [4.69, 9.17) is 11.6 Å². The summed E-state index contributed by atoms with van der Waals surface area (Å²) >= 11 is 6.42. The Morgan fingerprint density at radius 1 is 1.28 bits per heavy atom. The Morgan fingerprint density at radius 3 is 2.48 bits per heavy atom. The SMILES string of the molecule is OC(C=Cc1ccc(OC(F)(F)F)cc1)(Cn1cncn1)C1(Cl)CC1. The Labute approximate surface area is 146 Å². The molecule has 25 heavy (non-hydrogen) atoms. The maximum Gasteiger partial charge on any atom is 0.573 e. The first-order valence-electron chi connectivity index (χ1n) is 7.48. The highest BCUT2D eigenvalue weighted by atomic mass is 35.5. The van der Waals surface area contributed by atoms with Crippen LogP contribution in [0.15, 0.2) is 43.0 Å². The van der Waals surface area contributed by atoms with E-state index in [-0.39, 0.29) is 12.3 Å². The molecule has 1 aromatic heterocycles. The predicted molar refractivity (Wildman–Crippen MR) is 84.9 cm³/mol. The quantitative estimate of drug-likeness (QED) is 0.788. The van der Waals surface area contributed by atoms with Crippen molar-refractivity contribution in [2.24, 2.45) is 0 Å². The summed E-state index contributed by atoms with van der Waals surface area (Å²) in [4.78, 5) is 3.05. The van der Waals surface area contributed by atoms with Crippen LogP contribution in [0.25, 0.3) is 6.08 Å². The van der Waals surface area contributed by atoms with Crippen molar-refractivity contribution in [1.29, 1.82) is 0 Å². The first-order valence-corrected chi connectivity index (χ1v) is 7.86. The van der Waals surface area contributed by atoms with Crippen LogP contribution in [0.3, 0.4) is 0 Å². The summed E-state index contributed by atoms with van der Waals surface area (Å²) in [6.07, 6.45) is 2.57. The summed E-state index contributed by atoms with van der Waals surface area (Å²) in [7, 11) is 0. The molecular formula is C16H15ClF3N3O2. The van der Waals surface area contributed by atoms with Crippen LogP contribution in [0.5, 0.6) is 5.75 Å². The Morgan fingerprint density at radius 2 is 1.96 bits per heavy atom. The molecule has 1 aliphatic carbocycles. The van der Waals surface area contributed by atoms with Gasteiger partial charge in [0.2, 0.25) is 0 Å². The maximum absolute atomic E-state index is 12.2. The summed E-state index contributed by atoms with van der Waals surface area (Å²) < 4.78 is 41.8. The van der Waals surface area contributed by atoms with Gasteiger partial charge in [-0.15, -0.1) is 24.8 Å². The molecule has 1 heterocycles. The molecule has 0 radical (unpaired) electrons. The molecule has 0 bridgehead atoms. The monoisotopic (exact) mass is 373 g/mol. The van der Waals surface area contributed by atoms with E-state index in [0.717, 1.165) is 0 Å². The van der Waals surface area contributed by atoms with Gasteiger partial charge in [0.15, 0.2) is 0 Å². The van der Waals surface area contributed by atoms with E-state index in [1.54, 1.807) is 12.2 Å². The second kappa shape index (κ2) is 6.34. The smallest absolute Gasteiger partial charge is 0.406 e. The zero-order valence-electron chi connectivity index (χ0n) is 12.9. The molecule has 1 N–H and O–H groups in total. The molecule has 2 aromatic rings. The lowest BCUT2D eigenvalue weighted by atomic mass is 9.95. The fraction of sp³-hybridized carbons (Fsp3) is 0.375. The molecule has 1 fully saturated rings. The summed E-state index contributed by atoms with van der Waals surface area (Å²) in [6.45, 7) is 0.127. The highest BCUT2D eigenvalue weighted by Gasteiger charge is 2.56. The molecule has 0 saturated heterocycles. The third-order valence-corrected chi connectivity index (χ3v) is 4.70. The molecule has 0 spiro atoms. The number of benzene rings is 1. The molecule has 9 heteroatoms. The minimum absolute atomic E-state index is 0.127. The molecule has 1 aliphatic rings. The summed E-state index contributed by atoms with van der Waals surface area (Å²) in [5.41, 5.74) is -0.754. The first kappa shape index (κ1) is 17.8. The van der Waals surface area contributed by atoms with Gasteiger partial charge in [0.1, 0.15) is 24.0 Å². The zero-order chi connectivity index (χ0) is 18.1. The van der Waals surface area contributed by atoms with Gasteiger partial charge in [0.25, 0.3) is 0 Å². The van der Waals surface area contributed by atoms with E-state index >= 15 is 0 Å². The van der Waals surface area contributed by atoms with Crippen molar-refractivity contribution in [2.75, 3.05) is 0 Å². The van der Waals surface area contributed by atoms with E-state index < -0.39 is 16.8 Å². The molecule has 1 atom stereocenters. The van der Waals surface area contributed by atoms with Gasteiger partial charge in [-0.2, -0.15) is 5.10 Å². The van der Waals surface area contributed by atoms with Crippen molar-refractivity contribution in [1.82, 2.24) is 14.8 Å². The number of halogens is 4.